The normalized spacial score (nSPS) is 12.8. The van der Waals surface area contributed by atoms with Crippen LogP contribution in [-0.4, -0.2) is 0 Å². The Labute approximate surface area is 145 Å². The molecule has 0 bridgehead atoms. The molecule has 0 saturated carbocycles. The number of benzene rings is 2. The summed E-state index contributed by atoms with van der Waals surface area (Å²) in [6.45, 7) is 0. The van der Waals surface area contributed by atoms with Crippen LogP contribution >= 0.6 is 45.8 Å². The Balaban J connectivity index is 2.13. The van der Waals surface area contributed by atoms with Crippen LogP contribution < -0.4 is 11.3 Å². The SMILES string of the molecule is NNC(c1cc2cccc(Cl)c2o1)c1cc(Cl)ccc1I. The molecule has 0 fully saturated rings. The second-order valence-electron chi connectivity index (χ2n) is 4.57. The zero-order chi connectivity index (χ0) is 15.0. The summed E-state index contributed by atoms with van der Waals surface area (Å²) in [7, 11) is 0. The van der Waals surface area contributed by atoms with Crippen molar-refractivity contribution in [2.75, 3.05) is 0 Å². The number of hydrogen-bond acceptors (Lipinski definition) is 3. The van der Waals surface area contributed by atoms with Crippen LogP contribution in [-0.2, 0) is 0 Å². The van der Waals surface area contributed by atoms with E-state index in [4.69, 9.17) is 33.5 Å². The Morgan fingerprint density at radius 3 is 2.67 bits per heavy atom. The molecule has 0 spiro atoms. The average Bonchev–Trinajstić information content (AvgIpc) is 2.89. The third-order valence-electron chi connectivity index (χ3n) is 3.24. The highest BCUT2D eigenvalue weighted by molar-refractivity contribution is 14.1. The number of fused-ring (bicyclic) bond motifs is 1. The van der Waals surface area contributed by atoms with Gasteiger partial charge in [0.05, 0.1) is 5.02 Å². The van der Waals surface area contributed by atoms with Crippen LogP contribution in [0, 0.1) is 3.57 Å². The minimum absolute atomic E-state index is 0.293. The van der Waals surface area contributed by atoms with Crippen LogP contribution in [0.25, 0.3) is 11.0 Å². The van der Waals surface area contributed by atoms with Crippen molar-refractivity contribution >= 4 is 56.8 Å². The first kappa shape index (κ1) is 15.1. The van der Waals surface area contributed by atoms with Crippen LogP contribution in [0.1, 0.15) is 17.4 Å². The van der Waals surface area contributed by atoms with E-state index in [0.717, 1.165) is 14.5 Å². The molecule has 108 valence electrons. The van der Waals surface area contributed by atoms with E-state index in [0.29, 0.717) is 21.4 Å². The Hall–Kier alpha value is -0.790. The van der Waals surface area contributed by atoms with Gasteiger partial charge < -0.3 is 4.42 Å². The number of para-hydroxylation sites is 1. The molecule has 0 saturated heterocycles. The first-order valence-electron chi connectivity index (χ1n) is 6.19. The van der Waals surface area contributed by atoms with E-state index in [2.05, 4.69) is 28.0 Å². The van der Waals surface area contributed by atoms with Gasteiger partial charge in [0.1, 0.15) is 11.8 Å². The fourth-order valence-corrected chi connectivity index (χ4v) is 3.30. The fourth-order valence-electron chi connectivity index (χ4n) is 2.25. The summed E-state index contributed by atoms with van der Waals surface area (Å²) in [4.78, 5) is 0. The zero-order valence-corrected chi connectivity index (χ0v) is 14.4. The predicted octanol–water partition coefficient (Wildman–Crippen LogP) is 4.90. The maximum Gasteiger partial charge on any atom is 0.152 e. The van der Waals surface area contributed by atoms with E-state index in [9.17, 15) is 0 Å². The molecule has 0 amide bonds. The molecule has 1 heterocycles. The van der Waals surface area contributed by atoms with E-state index in [1.54, 1.807) is 6.07 Å². The van der Waals surface area contributed by atoms with Crippen LogP contribution in [0.5, 0.6) is 0 Å². The van der Waals surface area contributed by atoms with E-state index < -0.39 is 0 Å². The molecule has 0 aliphatic rings. The van der Waals surface area contributed by atoms with Crippen molar-refractivity contribution in [1.82, 2.24) is 5.43 Å². The van der Waals surface area contributed by atoms with Gasteiger partial charge in [0.2, 0.25) is 0 Å². The number of nitrogens with two attached hydrogens (primary N) is 1. The third-order valence-corrected chi connectivity index (χ3v) is 4.75. The van der Waals surface area contributed by atoms with Gasteiger partial charge in [-0.05, 0) is 58.5 Å². The molecule has 3 aromatic rings. The van der Waals surface area contributed by atoms with Crippen molar-refractivity contribution in [2.24, 2.45) is 5.84 Å². The third kappa shape index (κ3) is 2.91. The van der Waals surface area contributed by atoms with Crippen molar-refractivity contribution in [3.63, 3.8) is 0 Å². The molecule has 21 heavy (non-hydrogen) atoms. The minimum Gasteiger partial charge on any atom is -0.457 e. The number of nitrogens with one attached hydrogen (secondary N) is 1. The Morgan fingerprint density at radius 1 is 1.14 bits per heavy atom. The quantitative estimate of drug-likeness (QED) is 0.351. The standard InChI is InChI=1S/C15H11Cl2IN2O/c16-9-4-5-12(18)10(7-9)14(20-19)13-6-8-2-1-3-11(17)15(8)21-13/h1-7,14,20H,19H2. The maximum atomic E-state index is 6.15. The zero-order valence-electron chi connectivity index (χ0n) is 10.7. The summed E-state index contributed by atoms with van der Waals surface area (Å²) in [5.41, 5.74) is 4.40. The first-order chi connectivity index (χ1) is 10.1. The van der Waals surface area contributed by atoms with Crippen molar-refractivity contribution < 1.29 is 4.42 Å². The second-order valence-corrected chi connectivity index (χ2v) is 6.58. The van der Waals surface area contributed by atoms with Crippen molar-refractivity contribution in [1.29, 1.82) is 0 Å². The summed E-state index contributed by atoms with van der Waals surface area (Å²) in [6.07, 6.45) is 0. The Morgan fingerprint density at radius 2 is 1.95 bits per heavy atom. The first-order valence-corrected chi connectivity index (χ1v) is 8.02. The number of furan rings is 1. The van der Waals surface area contributed by atoms with Gasteiger partial charge >= 0.3 is 0 Å². The molecular weight excluding hydrogens is 422 g/mol. The van der Waals surface area contributed by atoms with Crippen LogP contribution in [0.4, 0.5) is 0 Å². The molecule has 3 N–H and O–H groups in total. The smallest absolute Gasteiger partial charge is 0.152 e. The molecule has 1 atom stereocenters. The highest BCUT2D eigenvalue weighted by Gasteiger charge is 2.20. The predicted molar refractivity (Wildman–Crippen MR) is 94.6 cm³/mol. The summed E-state index contributed by atoms with van der Waals surface area (Å²) < 4.78 is 6.93. The van der Waals surface area contributed by atoms with E-state index >= 15 is 0 Å². The molecule has 1 aromatic heterocycles. The molecule has 3 nitrogen and oxygen atoms in total. The number of rotatable bonds is 3. The van der Waals surface area contributed by atoms with Gasteiger partial charge in [-0.2, -0.15) is 0 Å². The van der Waals surface area contributed by atoms with Gasteiger partial charge in [0, 0.05) is 14.0 Å². The lowest BCUT2D eigenvalue weighted by Crippen LogP contribution is -2.29. The molecule has 1 unspecified atom stereocenters. The van der Waals surface area contributed by atoms with Gasteiger partial charge in [-0.15, -0.1) is 0 Å². The molecule has 3 rings (SSSR count). The van der Waals surface area contributed by atoms with Crippen molar-refractivity contribution in [2.45, 2.75) is 6.04 Å². The molecule has 6 heteroatoms. The van der Waals surface area contributed by atoms with Crippen LogP contribution in [0.15, 0.2) is 46.9 Å². The fraction of sp³-hybridized carbons (Fsp3) is 0.0667. The average molecular weight is 433 g/mol. The van der Waals surface area contributed by atoms with Gasteiger partial charge in [0.25, 0.3) is 0 Å². The summed E-state index contributed by atoms with van der Waals surface area (Å²) in [5.74, 6) is 6.42. The lowest BCUT2D eigenvalue weighted by atomic mass is 10.1. The van der Waals surface area contributed by atoms with Gasteiger partial charge in [-0.3, -0.25) is 5.84 Å². The lowest BCUT2D eigenvalue weighted by molar-refractivity contribution is 0.476. The van der Waals surface area contributed by atoms with Gasteiger partial charge in [0.15, 0.2) is 5.58 Å². The number of hydrazine groups is 1. The largest absolute Gasteiger partial charge is 0.457 e. The van der Waals surface area contributed by atoms with Gasteiger partial charge in [-0.1, -0.05) is 35.3 Å². The van der Waals surface area contributed by atoms with Crippen LogP contribution in [0.3, 0.4) is 0 Å². The number of halogens is 3. The Bertz CT molecular complexity index is 803. The topological polar surface area (TPSA) is 51.2 Å². The minimum atomic E-state index is -0.293. The molecule has 0 aliphatic carbocycles. The van der Waals surface area contributed by atoms with Gasteiger partial charge in [-0.25, -0.2) is 5.43 Å². The molecule has 0 aliphatic heterocycles. The van der Waals surface area contributed by atoms with Crippen molar-refractivity contribution in [3.8, 4) is 0 Å². The highest BCUT2D eigenvalue weighted by atomic mass is 127. The Kier molecular flexibility index (Phi) is 4.42. The molecule has 0 radical (unpaired) electrons. The summed E-state index contributed by atoms with van der Waals surface area (Å²) >= 11 is 14.5. The van der Waals surface area contributed by atoms with E-state index in [-0.39, 0.29) is 6.04 Å². The molecular formula is C15H11Cl2IN2O. The van der Waals surface area contributed by atoms with E-state index in [1.807, 2.05) is 36.4 Å². The highest BCUT2D eigenvalue weighted by Crippen LogP contribution is 2.33. The monoisotopic (exact) mass is 432 g/mol. The maximum absolute atomic E-state index is 6.15. The summed E-state index contributed by atoms with van der Waals surface area (Å²) in [6, 6.07) is 12.9. The molecule has 2 aromatic carbocycles. The lowest BCUT2D eigenvalue weighted by Gasteiger charge is -2.15. The second kappa shape index (κ2) is 6.14. The van der Waals surface area contributed by atoms with Crippen molar-refractivity contribution in [3.05, 3.63) is 67.4 Å². The van der Waals surface area contributed by atoms with E-state index in [1.165, 1.54) is 0 Å². The number of hydrogen-bond donors (Lipinski definition) is 2. The summed E-state index contributed by atoms with van der Waals surface area (Å²) in [5, 5.41) is 2.17. The van der Waals surface area contributed by atoms with Crippen LogP contribution in [0.2, 0.25) is 10.0 Å².